The van der Waals surface area contributed by atoms with Gasteiger partial charge >= 0.3 is 5.97 Å². The Hall–Kier alpha value is -0.980. The Balaban J connectivity index is 2.11. The van der Waals surface area contributed by atoms with Gasteiger partial charge in [-0.2, -0.15) is 0 Å². The largest absolute Gasteiger partial charge is 0.506 e. The van der Waals surface area contributed by atoms with E-state index >= 15 is 0 Å². The summed E-state index contributed by atoms with van der Waals surface area (Å²) in [7, 11) is 1.27. The molecule has 0 bridgehead atoms. The lowest BCUT2D eigenvalue weighted by atomic mass is 10.1. The molecule has 2 atom stereocenters. The lowest BCUT2D eigenvalue weighted by Gasteiger charge is -2.21. The third-order valence-corrected chi connectivity index (χ3v) is 6.40. The van der Waals surface area contributed by atoms with Crippen molar-refractivity contribution in [3.05, 3.63) is 53.1 Å². The zero-order valence-electron chi connectivity index (χ0n) is 15.4. The Kier molecular flexibility index (Phi) is 9.11. The second kappa shape index (κ2) is 10.9. The number of ether oxygens (including phenoxy) is 1. The number of anilines is 1. The molecular weight excluding hydrogens is 645 g/mol. The van der Waals surface area contributed by atoms with Crippen LogP contribution in [0.3, 0.4) is 0 Å². The van der Waals surface area contributed by atoms with E-state index in [4.69, 9.17) is 27.9 Å². The third-order valence-electron chi connectivity index (χ3n) is 4.01. The van der Waals surface area contributed by atoms with Crippen LogP contribution in [0.4, 0.5) is 5.69 Å². The Labute approximate surface area is 206 Å². The van der Waals surface area contributed by atoms with Crippen LogP contribution in [0.25, 0.3) is 0 Å². The van der Waals surface area contributed by atoms with E-state index < -0.39 is 18.1 Å². The minimum Gasteiger partial charge on any atom is -0.506 e. The molecule has 0 aliphatic carbocycles. The number of halogens is 4. The topological polar surface area (TPSA) is 87.7 Å². The highest BCUT2D eigenvalue weighted by Crippen LogP contribution is 2.28. The van der Waals surface area contributed by atoms with E-state index in [1.165, 1.54) is 7.11 Å². The minimum atomic E-state index is -0.873. The van der Waals surface area contributed by atoms with Crippen LogP contribution in [-0.2, 0) is 20.7 Å². The van der Waals surface area contributed by atoms with E-state index in [9.17, 15) is 14.7 Å². The van der Waals surface area contributed by atoms with Gasteiger partial charge in [0.25, 0.3) is 0 Å². The first-order valence-electron chi connectivity index (χ1n) is 8.39. The molecule has 1 amide bonds. The van der Waals surface area contributed by atoms with E-state index in [1.54, 1.807) is 37.3 Å². The Bertz CT molecular complexity index is 904. The van der Waals surface area contributed by atoms with Crippen LogP contribution in [0, 0.1) is 7.14 Å². The van der Waals surface area contributed by atoms with Gasteiger partial charge in [-0.25, -0.2) is 4.79 Å². The normalized spacial score (nSPS) is 12.8. The lowest BCUT2D eigenvalue weighted by Crippen LogP contribution is -2.48. The summed E-state index contributed by atoms with van der Waals surface area (Å²) in [5.74, 6) is -0.749. The number of rotatable bonds is 7. The highest BCUT2D eigenvalue weighted by Gasteiger charge is 2.25. The van der Waals surface area contributed by atoms with Crippen molar-refractivity contribution in [2.45, 2.75) is 25.4 Å². The highest BCUT2D eigenvalue weighted by molar-refractivity contribution is 14.1. The molecule has 0 aliphatic rings. The Morgan fingerprint density at radius 2 is 1.76 bits per heavy atom. The molecule has 0 fully saturated rings. The van der Waals surface area contributed by atoms with Crippen LogP contribution < -0.4 is 10.6 Å². The molecule has 3 N–H and O–H groups in total. The van der Waals surface area contributed by atoms with Gasteiger partial charge in [0.05, 0.1) is 24.3 Å². The molecule has 1 unspecified atom stereocenters. The molecule has 156 valence electrons. The fourth-order valence-corrected chi connectivity index (χ4v) is 4.70. The molecule has 0 aromatic heterocycles. The zero-order valence-corrected chi connectivity index (χ0v) is 21.3. The number of nitrogens with one attached hydrogen (secondary N) is 2. The zero-order chi connectivity index (χ0) is 21.7. The maximum absolute atomic E-state index is 12.6. The van der Waals surface area contributed by atoms with Crippen LogP contribution >= 0.6 is 68.4 Å². The summed E-state index contributed by atoms with van der Waals surface area (Å²) in [6.45, 7) is 1.67. The molecule has 2 rings (SSSR count). The van der Waals surface area contributed by atoms with Gasteiger partial charge in [0, 0.05) is 12.1 Å². The number of phenols is 1. The summed E-state index contributed by atoms with van der Waals surface area (Å²) in [6, 6.07) is 6.96. The molecule has 10 heteroatoms. The molecule has 2 aromatic rings. The summed E-state index contributed by atoms with van der Waals surface area (Å²) in [6.07, 6.45) is 0.226. The predicted molar refractivity (Wildman–Crippen MR) is 131 cm³/mol. The van der Waals surface area contributed by atoms with Gasteiger partial charge in [-0.15, -0.1) is 0 Å². The van der Waals surface area contributed by atoms with Gasteiger partial charge in [0.1, 0.15) is 17.8 Å². The molecule has 0 spiro atoms. The van der Waals surface area contributed by atoms with Gasteiger partial charge in [-0.1, -0.05) is 23.2 Å². The minimum absolute atomic E-state index is 0.188. The van der Waals surface area contributed by atoms with Crippen molar-refractivity contribution in [3.8, 4) is 5.75 Å². The smallest absolute Gasteiger partial charge is 0.328 e. The van der Waals surface area contributed by atoms with Crippen molar-refractivity contribution in [2.75, 3.05) is 12.4 Å². The molecule has 0 aliphatic heterocycles. The fourth-order valence-electron chi connectivity index (χ4n) is 2.51. The number of hydrogen-bond acceptors (Lipinski definition) is 5. The van der Waals surface area contributed by atoms with Gasteiger partial charge in [0.2, 0.25) is 5.91 Å². The number of methoxy groups -OCH3 is 1. The number of esters is 1. The van der Waals surface area contributed by atoms with Crippen molar-refractivity contribution < 1.29 is 19.4 Å². The average Bonchev–Trinajstić information content (AvgIpc) is 2.67. The Morgan fingerprint density at radius 3 is 2.31 bits per heavy atom. The van der Waals surface area contributed by atoms with Crippen LogP contribution in [0.15, 0.2) is 30.3 Å². The Morgan fingerprint density at radius 1 is 1.14 bits per heavy atom. The SMILES string of the molecule is COC(=O)[C@H](Cc1cc(I)c(O)c(I)c1)NC(=O)C(C)Nc1ccc(Cl)c(Cl)c1. The summed E-state index contributed by atoms with van der Waals surface area (Å²) >= 11 is 15.9. The number of aromatic hydroxyl groups is 1. The van der Waals surface area contributed by atoms with Gasteiger partial charge in [-0.05, 0) is 88.0 Å². The van der Waals surface area contributed by atoms with Crippen LogP contribution in [-0.4, -0.2) is 36.2 Å². The molecule has 2 aromatic carbocycles. The molecular formula is C19H18Cl2I2N2O4. The number of carbonyl (C=O) groups is 2. The molecule has 0 saturated carbocycles. The number of hydrogen-bond donors (Lipinski definition) is 3. The van der Waals surface area contributed by atoms with Gasteiger partial charge in [-0.3, -0.25) is 4.79 Å². The predicted octanol–water partition coefficient (Wildman–Crippen LogP) is 4.61. The highest BCUT2D eigenvalue weighted by atomic mass is 127. The summed E-state index contributed by atoms with van der Waals surface area (Å²) in [5, 5.41) is 16.4. The van der Waals surface area contributed by atoms with Crippen molar-refractivity contribution in [3.63, 3.8) is 0 Å². The quantitative estimate of drug-likeness (QED) is 0.298. The standard InChI is InChI=1S/C19H18Cl2I2N2O4/c1-9(24-11-3-4-12(20)13(21)8-11)18(27)25-16(19(28)29-2)7-10-5-14(22)17(26)15(23)6-10/h3-6,8-9,16,24,26H,7H2,1-2H3,(H,25,27)/t9?,16-/m0/s1. The number of amides is 1. The van der Waals surface area contributed by atoms with Crippen molar-refractivity contribution >= 4 is 85.9 Å². The summed E-state index contributed by atoms with van der Waals surface area (Å²) in [4.78, 5) is 24.8. The molecule has 6 nitrogen and oxygen atoms in total. The van der Waals surface area contributed by atoms with Crippen molar-refractivity contribution in [1.82, 2.24) is 5.32 Å². The maximum atomic E-state index is 12.6. The maximum Gasteiger partial charge on any atom is 0.328 e. The first-order valence-corrected chi connectivity index (χ1v) is 11.3. The van der Waals surface area contributed by atoms with E-state index in [-0.39, 0.29) is 18.1 Å². The van der Waals surface area contributed by atoms with Gasteiger partial charge in [0.15, 0.2) is 0 Å². The second-order valence-electron chi connectivity index (χ2n) is 6.19. The van der Waals surface area contributed by atoms with Crippen molar-refractivity contribution in [1.29, 1.82) is 0 Å². The molecule has 0 saturated heterocycles. The fraction of sp³-hybridized carbons (Fsp3) is 0.263. The first-order chi connectivity index (χ1) is 13.6. The van der Waals surface area contributed by atoms with E-state index in [0.717, 1.165) is 5.56 Å². The average molecular weight is 663 g/mol. The van der Waals surface area contributed by atoms with Crippen LogP contribution in [0.5, 0.6) is 5.75 Å². The van der Waals surface area contributed by atoms with E-state index in [2.05, 4.69) is 10.6 Å². The second-order valence-corrected chi connectivity index (χ2v) is 9.33. The van der Waals surface area contributed by atoms with E-state index in [1.807, 2.05) is 45.2 Å². The first kappa shape index (κ1) is 24.3. The summed E-state index contributed by atoms with van der Waals surface area (Å²) < 4.78 is 6.16. The number of benzene rings is 2. The molecule has 0 heterocycles. The van der Waals surface area contributed by atoms with E-state index in [0.29, 0.717) is 22.9 Å². The number of phenolic OH excluding ortho intramolecular Hbond substituents is 1. The van der Waals surface area contributed by atoms with Crippen LogP contribution in [0.1, 0.15) is 12.5 Å². The monoisotopic (exact) mass is 662 g/mol. The molecule has 0 radical (unpaired) electrons. The number of carbonyl (C=O) groups excluding carboxylic acids is 2. The lowest BCUT2D eigenvalue weighted by molar-refractivity contribution is -0.145. The third kappa shape index (κ3) is 6.76. The van der Waals surface area contributed by atoms with Gasteiger partial charge < -0.3 is 20.5 Å². The van der Waals surface area contributed by atoms with Crippen molar-refractivity contribution in [2.24, 2.45) is 0 Å². The van der Waals surface area contributed by atoms with Crippen LogP contribution in [0.2, 0.25) is 10.0 Å². The molecule has 29 heavy (non-hydrogen) atoms. The summed E-state index contributed by atoms with van der Waals surface area (Å²) in [5.41, 5.74) is 1.41.